The second kappa shape index (κ2) is 10.1. The van der Waals surface area contributed by atoms with E-state index in [1.165, 1.54) is 49.3 Å². The number of rotatable bonds is 4. The molecule has 200 valence electrons. The number of nitriles is 1. The van der Waals surface area contributed by atoms with Crippen LogP contribution in [0.1, 0.15) is 5.69 Å². The SMILES string of the molecule is N#Cc1cc(-c2ccc(-c3cc4c(c5ccccc35)c3ccc(-c5ccccc5)cc3n4-c3ccccc3)cc2)ccn1. The van der Waals surface area contributed by atoms with Gasteiger partial charge in [-0.15, -0.1) is 0 Å². The van der Waals surface area contributed by atoms with Crippen molar-refractivity contribution >= 4 is 32.6 Å². The summed E-state index contributed by atoms with van der Waals surface area (Å²) in [5.41, 5.74) is 10.7. The smallest absolute Gasteiger partial charge is 0.141 e. The molecule has 6 aromatic carbocycles. The fourth-order valence-corrected chi connectivity index (χ4v) is 6.30. The highest BCUT2D eigenvalue weighted by Crippen LogP contribution is 2.42. The topological polar surface area (TPSA) is 41.6 Å². The van der Waals surface area contributed by atoms with Crippen LogP contribution in [0.2, 0.25) is 0 Å². The summed E-state index contributed by atoms with van der Waals surface area (Å²) in [6, 6.07) is 53.7. The predicted molar refractivity (Wildman–Crippen MR) is 177 cm³/mol. The van der Waals surface area contributed by atoms with E-state index in [2.05, 4.69) is 149 Å². The van der Waals surface area contributed by atoms with Crippen LogP contribution in [-0.4, -0.2) is 9.55 Å². The zero-order chi connectivity index (χ0) is 28.8. The molecule has 8 aromatic rings. The zero-order valence-electron chi connectivity index (χ0n) is 23.3. The van der Waals surface area contributed by atoms with E-state index in [1.54, 1.807) is 6.20 Å². The molecule has 0 spiro atoms. The maximum Gasteiger partial charge on any atom is 0.141 e. The van der Waals surface area contributed by atoms with Crippen molar-refractivity contribution in [2.45, 2.75) is 0 Å². The molecule has 0 aliphatic heterocycles. The first kappa shape index (κ1) is 24.8. The van der Waals surface area contributed by atoms with Gasteiger partial charge < -0.3 is 4.57 Å². The Kier molecular flexibility index (Phi) is 5.84. The van der Waals surface area contributed by atoms with Crippen molar-refractivity contribution in [3.8, 4) is 45.1 Å². The summed E-state index contributed by atoms with van der Waals surface area (Å²) in [7, 11) is 0. The lowest BCUT2D eigenvalue weighted by atomic mass is 9.93. The van der Waals surface area contributed by atoms with Crippen LogP contribution in [0.15, 0.2) is 152 Å². The molecule has 0 N–H and O–H groups in total. The van der Waals surface area contributed by atoms with E-state index >= 15 is 0 Å². The van der Waals surface area contributed by atoms with Gasteiger partial charge in [0.05, 0.1) is 11.0 Å². The summed E-state index contributed by atoms with van der Waals surface area (Å²) >= 11 is 0. The lowest BCUT2D eigenvalue weighted by Gasteiger charge is -2.13. The van der Waals surface area contributed by atoms with E-state index in [-0.39, 0.29) is 0 Å². The summed E-state index contributed by atoms with van der Waals surface area (Å²) in [6.07, 6.45) is 1.69. The number of para-hydroxylation sites is 1. The summed E-state index contributed by atoms with van der Waals surface area (Å²) in [6.45, 7) is 0. The van der Waals surface area contributed by atoms with Crippen LogP contribution in [0.25, 0.3) is 71.6 Å². The number of hydrogen-bond acceptors (Lipinski definition) is 2. The summed E-state index contributed by atoms with van der Waals surface area (Å²) in [5, 5.41) is 14.3. The van der Waals surface area contributed by atoms with Crippen molar-refractivity contribution in [1.82, 2.24) is 9.55 Å². The molecule has 0 atom stereocenters. The molecule has 0 saturated carbocycles. The Balaban J connectivity index is 1.40. The van der Waals surface area contributed by atoms with Gasteiger partial charge in [-0.05, 0) is 80.6 Å². The molecule has 8 rings (SSSR count). The van der Waals surface area contributed by atoms with Crippen LogP contribution in [0.5, 0.6) is 0 Å². The minimum absolute atomic E-state index is 0.419. The molecule has 0 amide bonds. The van der Waals surface area contributed by atoms with Crippen molar-refractivity contribution in [2.75, 3.05) is 0 Å². The first-order valence-electron chi connectivity index (χ1n) is 14.4. The quantitative estimate of drug-likeness (QED) is 0.220. The second-order valence-corrected chi connectivity index (χ2v) is 10.8. The lowest BCUT2D eigenvalue weighted by molar-refractivity contribution is 1.18. The van der Waals surface area contributed by atoms with E-state index in [0.717, 1.165) is 22.4 Å². The van der Waals surface area contributed by atoms with E-state index in [1.807, 2.05) is 12.1 Å². The molecular weight excluding hydrogens is 522 g/mol. The van der Waals surface area contributed by atoms with Gasteiger partial charge in [-0.1, -0.05) is 109 Å². The van der Waals surface area contributed by atoms with Crippen molar-refractivity contribution in [1.29, 1.82) is 5.26 Å². The van der Waals surface area contributed by atoms with E-state index in [0.29, 0.717) is 5.69 Å². The van der Waals surface area contributed by atoms with Gasteiger partial charge in [0.15, 0.2) is 0 Å². The molecule has 43 heavy (non-hydrogen) atoms. The molecule has 3 nitrogen and oxygen atoms in total. The summed E-state index contributed by atoms with van der Waals surface area (Å²) in [4.78, 5) is 4.12. The molecule has 0 aliphatic carbocycles. The van der Waals surface area contributed by atoms with Crippen molar-refractivity contribution in [3.05, 3.63) is 157 Å². The van der Waals surface area contributed by atoms with Gasteiger partial charge in [0.2, 0.25) is 0 Å². The Morgan fingerprint density at radius 1 is 0.488 bits per heavy atom. The highest BCUT2D eigenvalue weighted by molar-refractivity contribution is 6.24. The minimum atomic E-state index is 0.419. The molecule has 2 aromatic heterocycles. The zero-order valence-corrected chi connectivity index (χ0v) is 23.3. The second-order valence-electron chi connectivity index (χ2n) is 10.8. The number of fused-ring (bicyclic) bond motifs is 5. The first-order valence-corrected chi connectivity index (χ1v) is 14.4. The van der Waals surface area contributed by atoms with Gasteiger partial charge in [0.1, 0.15) is 11.8 Å². The average molecular weight is 548 g/mol. The van der Waals surface area contributed by atoms with E-state index < -0.39 is 0 Å². The Labute approximate surface area is 249 Å². The molecule has 0 fully saturated rings. The normalized spacial score (nSPS) is 11.2. The standard InChI is InChI=1S/C40H25N3/c41-26-32-23-31(21-22-42-32)28-15-17-29(18-16-28)37-25-39-40(35-14-8-7-13-34(35)37)36-20-19-30(27-9-3-1-4-10-27)24-38(36)43(39)33-11-5-2-6-12-33/h1-25H. The molecule has 3 heteroatoms. The average Bonchev–Trinajstić information content (AvgIpc) is 3.42. The monoisotopic (exact) mass is 547 g/mol. The Morgan fingerprint density at radius 2 is 1.12 bits per heavy atom. The van der Waals surface area contributed by atoms with Gasteiger partial charge in [-0.25, -0.2) is 4.98 Å². The van der Waals surface area contributed by atoms with Crippen molar-refractivity contribution < 1.29 is 0 Å². The third-order valence-electron chi connectivity index (χ3n) is 8.30. The molecule has 0 unspecified atom stereocenters. The number of hydrogen-bond donors (Lipinski definition) is 0. The molecular formula is C40H25N3. The van der Waals surface area contributed by atoms with Crippen LogP contribution < -0.4 is 0 Å². The lowest BCUT2D eigenvalue weighted by Crippen LogP contribution is -1.94. The van der Waals surface area contributed by atoms with Crippen molar-refractivity contribution in [3.63, 3.8) is 0 Å². The van der Waals surface area contributed by atoms with Gasteiger partial charge in [-0.3, -0.25) is 0 Å². The Hall–Kier alpha value is -5.98. The Bertz CT molecular complexity index is 2330. The Morgan fingerprint density at radius 3 is 1.88 bits per heavy atom. The van der Waals surface area contributed by atoms with Gasteiger partial charge in [0.25, 0.3) is 0 Å². The number of pyridine rings is 1. The van der Waals surface area contributed by atoms with Gasteiger partial charge in [-0.2, -0.15) is 5.26 Å². The molecule has 0 aliphatic rings. The van der Waals surface area contributed by atoms with Crippen LogP contribution in [0, 0.1) is 11.3 Å². The van der Waals surface area contributed by atoms with E-state index in [9.17, 15) is 5.26 Å². The van der Waals surface area contributed by atoms with Gasteiger partial charge in [0, 0.05) is 22.7 Å². The largest absolute Gasteiger partial charge is 0.309 e. The third-order valence-corrected chi connectivity index (χ3v) is 8.30. The fraction of sp³-hybridized carbons (Fsp3) is 0. The minimum Gasteiger partial charge on any atom is -0.309 e. The first-order chi connectivity index (χ1) is 21.3. The maximum absolute atomic E-state index is 9.30. The van der Waals surface area contributed by atoms with E-state index in [4.69, 9.17) is 0 Å². The van der Waals surface area contributed by atoms with Crippen LogP contribution >= 0.6 is 0 Å². The highest BCUT2D eigenvalue weighted by Gasteiger charge is 2.18. The predicted octanol–water partition coefficient (Wildman–Crippen LogP) is 10.2. The number of nitrogens with zero attached hydrogens (tertiary/aromatic N) is 3. The number of aromatic nitrogens is 2. The highest BCUT2D eigenvalue weighted by atomic mass is 15.0. The molecule has 0 saturated heterocycles. The van der Waals surface area contributed by atoms with Crippen LogP contribution in [0.3, 0.4) is 0 Å². The molecule has 2 heterocycles. The van der Waals surface area contributed by atoms with Crippen LogP contribution in [-0.2, 0) is 0 Å². The third kappa shape index (κ3) is 4.17. The van der Waals surface area contributed by atoms with Crippen LogP contribution in [0.4, 0.5) is 0 Å². The maximum atomic E-state index is 9.30. The fourth-order valence-electron chi connectivity index (χ4n) is 6.30. The van der Waals surface area contributed by atoms with Gasteiger partial charge >= 0.3 is 0 Å². The summed E-state index contributed by atoms with van der Waals surface area (Å²) in [5.74, 6) is 0. The number of benzene rings is 6. The summed E-state index contributed by atoms with van der Waals surface area (Å²) < 4.78 is 2.40. The molecule has 0 bridgehead atoms. The molecule has 0 radical (unpaired) electrons. The van der Waals surface area contributed by atoms with Crippen molar-refractivity contribution in [2.24, 2.45) is 0 Å².